The summed E-state index contributed by atoms with van der Waals surface area (Å²) in [6, 6.07) is 9.76. The summed E-state index contributed by atoms with van der Waals surface area (Å²) in [5, 5.41) is 10.7. The summed E-state index contributed by atoms with van der Waals surface area (Å²) in [5.41, 5.74) is 1.65. The zero-order chi connectivity index (χ0) is 19.4. The van der Waals surface area contributed by atoms with Crippen LogP contribution in [-0.2, 0) is 9.53 Å². The van der Waals surface area contributed by atoms with Crippen LogP contribution in [0, 0.1) is 22.2 Å². The molecule has 0 spiro atoms. The Morgan fingerprint density at radius 3 is 2.59 bits per heavy atom. The van der Waals surface area contributed by atoms with Crippen molar-refractivity contribution in [3.8, 4) is 0 Å². The predicted molar refractivity (Wildman–Crippen MR) is 107 cm³/mol. The van der Waals surface area contributed by atoms with E-state index in [0.29, 0.717) is 6.42 Å². The monoisotopic (exact) mass is 366 g/mol. The average Bonchev–Trinajstić information content (AvgIpc) is 2.99. The first-order chi connectivity index (χ1) is 12.7. The highest BCUT2D eigenvalue weighted by molar-refractivity contribution is 5.87. The molecule has 0 aromatic heterocycles. The van der Waals surface area contributed by atoms with E-state index in [-0.39, 0.29) is 34.2 Å². The second-order valence-corrected chi connectivity index (χ2v) is 9.39. The number of benzene rings is 1. The number of hydrogen-bond donors (Lipinski definition) is 1. The molecule has 0 radical (unpaired) electrons. The summed E-state index contributed by atoms with van der Waals surface area (Å²) in [4.78, 5) is 12.7. The van der Waals surface area contributed by atoms with Gasteiger partial charge in [-0.3, -0.25) is 0 Å². The minimum atomic E-state index is -0.505. The fourth-order valence-electron chi connectivity index (χ4n) is 6.60. The first-order valence-corrected chi connectivity index (χ1v) is 10.0. The minimum Gasteiger partial charge on any atom is -0.458 e. The third-order valence-electron chi connectivity index (χ3n) is 8.41. The number of aliphatic hydroxyl groups is 1. The molecule has 4 rings (SSSR count). The molecule has 3 nitrogen and oxygen atoms in total. The second-order valence-electron chi connectivity index (χ2n) is 9.39. The molecule has 144 valence electrons. The second kappa shape index (κ2) is 6.07. The van der Waals surface area contributed by atoms with Crippen LogP contribution in [0.15, 0.2) is 48.6 Å². The van der Waals surface area contributed by atoms with Gasteiger partial charge in [0.1, 0.15) is 6.10 Å². The largest absolute Gasteiger partial charge is 0.458 e. The van der Waals surface area contributed by atoms with Crippen molar-refractivity contribution in [3.05, 3.63) is 54.1 Å². The summed E-state index contributed by atoms with van der Waals surface area (Å²) >= 11 is 0. The SMILES string of the molecule is C=C1C(O)CC2(C)C(OC(=O)C=Cc3ccccc3)C1C1(C)CCCC21C. The lowest BCUT2D eigenvalue weighted by molar-refractivity contribution is -0.158. The van der Waals surface area contributed by atoms with Gasteiger partial charge in [-0.15, -0.1) is 0 Å². The standard InChI is InChI=1S/C24H30O3/c1-16-18(25)15-23(3)21(20(16)22(2)13-8-14-24(22,23)4)27-19(26)12-11-17-9-6-5-7-10-17/h5-7,9-12,18,20-21,25H,1,8,13-15H2,2-4H3. The van der Waals surface area contributed by atoms with Crippen LogP contribution in [0.4, 0.5) is 0 Å². The van der Waals surface area contributed by atoms with Crippen LogP contribution in [0.1, 0.15) is 52.0 Å². The van der Waals surface area contributed by atoms with Crippen LogP contribution < -0.4 is 0 Å². The number of esters is 1. The highest BCUT2D eigenvalue weighted by atomic mass is 16.5. The summed E-state index contributed by atoms with van der Waals surface area (Å²) in [6.07, 6.45) is 6.61. The van der Waals surface area contributed by atoms with E-state index >= 15 is 0 Å². The molecular weight excluding hydrogens is 336 g/mol. The van der Waals surface area contributed by atoms with Crippen molar-refractivity contribution in [1.29, 1.82) is 0 Å². The third-order valence-corrected chi connectivity index (χ3v) is 8.41. The van der Waals surface area contributed by atoms with Crippen molar-refractivity contribution in [2.75, 3.05) is 0 Å². The Bertz CT molecular complexity index is 797. The molecule has 3 saturated carbocycles. The quantitative estimate of drug-likeness (QED) is 0.476. The van der Waals surface area contributed by atoms with E-state index < -0.39 is 6.10 Å². The molecule has 3 fully saturated rings. The Kier molecular flexibility index (Phi) is 4.15. The van der Waals surface area contributed by atoms with Crippen LogP contribution >= 0.6 is 0 Å². The lowest BCUT2D eigenvalue weighted by Gasteiger charge is -2.47. The Morgan fingerprint density at radius 2 is 1.89 bits per heavy atom. The van der Waals surface area contributed by atoms with Crippen molar-refractivity contribution in [3.63, 3.8) is 0 Å². The van der Waals surface area contributed by atoms with Crippen molar-refractivity contribution in [1.82, 2.24) is 0 Å². The van der Waals surface area contributed by atoms with Gasteiger partial charge in [-0.1, -0.05) is 64.1 Å². The van der Waals surface area contributed by atoms with E-state index in [9.17, 15) is 9.90 Å². The van der Waals surface area contributed by atoms with Gasteiger partial charge in [0.05, 0.1) is 6.10 Å². The smallest absolute Gasteiger partial charge is 0.331 e. The molecule has 3 aliphatic rings. The lowest BCUT2D eigenvalue weighted by Crippen LogP contribution is -2.48. The van der Waals surface area contributed by atoms with Crippen LogP contribution in [0.5, 0.6) is 0 Å². The number of aliphatic hydroxyl groups excluding tert-OH is 1. The van der Waals surface area contributed by atoms with Gasteiger partial charge in [-0.25, -0.2) is 4.79 Å². The zero-order valence-electron chi connectivity index (χ0n) is 16.6. The Balaban J connectivity index is 1.64. The molecule has 3 aliphatic carbocycles. The Labute approximate surface area is 162 Å². The van der Waals surface area contributed by atoms with Crippen molar-refractivity contribution >= 4 is 12.0 Å². The molecule has 2 bridgehead atoms. The van der Waals surface area contributed by atoms with Gasteiger partial charge in [-0.05, 0) is 47.3 Å². The number of carbonyl (C=O) groups excluding carboxylic acids is 1. The number of carbonyl (C=O) groups is 1. The Morgan fingerprint density at radius 1 is 1.19 bits per heavy atom. The van der Waals surface area contributed by atoms with Crippen LogP contribution in [0.2, 0.25) is 0 Å². The topological polar surface area (TPSA) is 46.5 Å². The van der Waals surface area contributed by atoms with Crippen LogP contribution in [0.3, 0.4) is 0 Å². The summed E-state index contributed by atoms with van der Waals surface area (Å²) in [6.45, 7) is 11.1. The number of hydrogen-bond acceptors (Lipinski definition) is 3. The van der Waals surface area contributed by atoms with Gasteiger partial charge in [0.15, 0.2) is 0 Å². The maximum absolute atomic E-state index is 12.7. The molecular formula is C24H30O3. The lowest BCUT2D eigenvalue weighted by atomic mass is 9.58. The number of ether oxygens (including phenoxy) is 1. The van der Waals surface area contributed by atoms with E-state index in [1.165, 1.54) is 12.5 Å². The number of fused-ring (bicyclic) bond motifs is 5. The molecule has 0 heterocycles. The van der Waals surface area contributed by atoms with E-state index in [1.54, 1.807) is 6.08 Å². The van der Waals surface area contributed by atoms with E-state index in [0.717, 1.165) is 24.0 Å². The first kappa shape index (κ1) is 18.5. The van der Waals surface area contributed by atoms with Gasteiger partial charge < -0.3 is 9.84 Å². The Hall–Kier alpha value is -1.87. The van der Waals surface area contributed by atoms with Crippen LogP contribution in [0.25, 0.3) is 6.08 Å². The van der Waals surface area contributed by atoms with Gasteiger partial charge >= 0.3 is 5.97 Å². The highest BCUT2D eigenvalue weighted by Crippen LogP contribution is 2.77. The molecule has 27 heavy (non-hydrogen) atoms. The molecule has 0 aliphatic heterocycles. The fraction of sp³-hybridized carbons (Fsp3) is 0.542. The van der Waals surface area contributed by atoms with Gasteiger partial charge in [0, 0.05) is 17.4 Å². The number of rotatable bonds is 3. The summed E-state index contributed by atoms with van der Waals surface area (Å²) in [5.74, 6) is -0.288. The van der Waals surface area contributed by atoms with Crippen molar-refractivity contribution < 1.29 is 14.6 Å². The van der Waals surface area contributed by atoms with E-state index in [4.69, 9.17) is 4.74 Å². The van der Waals surface area contributed by atoms with Gasteiger partial charge in [0.2, 0.25) is 0 Å². The maximum atomic E-state index is 12.7. The minimum absolute atomic E-state index is 0.0183. The fourth-order valence-corrected chi connectivity index (χ4v) is 6.60. The summed E-state index contributed by atoms with van der Waals surface area (Å²) < 4.78 is 6.09. The molecule has 1 aromatic carbocycles. The molecule has 6 atom stereocenters. The van der Waals surface area contributed by atoms with E-state index in [1.807, 2.05) is 30.3 Å². The molecule has 1 aromatic rings. The zero-order valence-corrected chi connectivity index (χ0v) is 16.6. The van der Waals surface area contributed by atoms with Gasteiger partial charge in [0.25, 0.3) is 0 Å². The van der Waals surface area contributed by atoms with Crippen LogP contribution in [-0.4, -0.2) is 23.3 Å². The van der Waals surface area contributed by atoms with Crippen molar-refractivity contribution in [2.24, 2.45) is 22.2 Å². The molecule has 0 saturated heterocycles. The molecule has 0 amide bonds. The van der Waals surface area contributed by atoms with E-state index in [2.05, 4.69) is 27.4 Å². The normalized spacial score (nSPS) is 43.1. The highest BCUT2D eigenvalue weighted by Gasteiger charge is 2.75. The first-order valence-electron chi connectivity index (χ1n) is 10.0. The van der Waals surface area contributed by atoms with Gasteiger partial charge in [-0.2, -0.15) is 0 Å². The molecule has 3 heteroatoms. The maximum Gasteiger partial charge on any atom is 0.331 e. The third kappa shape index (κ3) is 2.40. The predicted octanol–water partition coefficient (Wildman–Crippen LogP) is 4.77. The average molecular weight is 367 g/mol. The molecule has 1 N–H and O–H groups in total. The van der Waals surface area contributed by atoms with Crippen molar-refractivity contribution in [2.45, 2.75) is 58.7 Å². The summed E-state index contributed by atoms with van der Waals surface area (Å²) in [7, 11) is 0. The molecule has 6 unspecified atom stereocenters.